The Morgan fingerprint density at radius 2 is 2.16 bits per heavy atom. The largest absolute Gasteiger partial charge is 0.492 e. The van der Waals surface area contributed by atoms with Gasteiger partial charge in [-0.15, -0.1) is 0 Å². The fraction of sp³-hybridized carbons (Fsp3) is 0.600. The fourth-order valence-corrected chi connectivity index (χ4v) is 2.16. The summed E-state index contributed by atoms with van der Waals surface area (Å²) in [6.07, 6.45) is 0. The van der Waals surface area contributed by atoms with Crippen molar-refractivity contribution in [3.05, 3.63) is 29.8 Å². The van der Waals surface area contributed by atoms with E-state index in [0.29, 0.717) is 6.04 Å². The molecule has 0 aromatic heterocycles. The Balaban J connectivity index is 1.78. The van der Waals surface area contributed by atoms with Gasteiger partial charge in [0.05, 0.1) is 13.2 Å². The van der Waals surface area contributed by atoms with E-state index in [2.05, 4.69) is 29.3 Å². The van der Waals surface area contributed by atoms with Crippen LogP contribution in [-0.2, 0) is 4.74 Å². The summed E-state index contributed by atoms with van der Waals surface area (Å²) < 4.78 is 11.2. The number of benzene rings is 1. The summed E-state index contributed by atoms with van der Waals surface area (Å²) >= 11 is 0. The van der Waals surface area contributed by atoms with Gasteiger partial charge in [-0.1, -0.05) is 12.1 Å². The highest BCUT2D eigenvalue weighted by atomic mass is 16.5. The van der Waals surface area contributed by atoms with Gasteiger partial charge in [-0.2, -0.15) is 0 Å². The molecule has 1 aromatic rings. The van der Waals surface area contributed by atoms with E-state index in [1.165, 1.54) is 5.56 Å². The molecule has 0 spiro atoms. The molecular weight excluding hydrogens is 240 g/mol. The topological polar surface area (TPSA) is 33.7 Å². The molecule has 19 heavy (non-hydrogen) atoms. The maximum Gasteiger partial charge on any atom is 0.119 e. The van der Waals surface area contributed by atoms with Crippen molar-refractivity contribution >= 4 is 0 Å². The summed E-state index contributed by atoms with van der Waals surface area (Å²) in [5, 5.41) is 3.24. The first-order chi connectivity index (χ1) is 9.29. The van der Waals surface area contributed by atoms with E-state index in [-0.39, 0.29) is 0 Å². The van der Waals surface area contributed by atoms with Gasteiger partial charge < -0.3 is 14.8 Å². The van der Waals surface area contributed by atoms with Crippen LogP contribution in [-0.4, -0.2) is 51.4 Å². The molecule has 4 nitrogen and oxygen atoms in total. The molecule has 1 atom stereocenters. The minimum Gasteiger partial charge on any atom is -0.492 e. The van der Waals surface area contributed by atoms with Crippen LogP contribution in [0.2, 0.25) is 0 Å². The number of hydrogen-bond acceptors (Lipinski definition) is 4. The zero-order valence-electron chi connectivity index (χ0n) is 11.9. The maximum atomic E-state index is 5.83. The molecule has 106 valence electrons. The van der Waals surface area contributed by atoms with Gasteiger partial charge in [-0.3, -0.25) is 4.90 Å². The Labute approximate surface area is 115 Å². The zero-order chi connectivity index (χ0) is 13.5. The summed E-state index contributed by atoms with van der Waals surface area (Å²) in [7, 11) is 1.97. The molecule has 0 saturated carbocycles. The second-order valence-electron chi connectivity index (χ2n) is 4.89. The molecule has 0 radical (unpaired) electrons. The van der Waals surface area contributed by atoms with Crippen molar-refractivity contribution < 1.29 is 9.47 Å². The van der Waals surface area contributed by atoms with E-state index in [4.69, 9.17) is 9.47 Å². The van der Waals surface area contributed by atoms with E-state index in [1.807, 2.05) is 19.2 Å². The van der Waals surface area contributed by atoms with Crippen molar-refractivity contribution in [2.24, 2.45) is 0 Å². The summed E-state index contributed by atoms with van der Waals surface area (Å²) in [5.74, 6) is 0.952. The number of nitrogens with zero attached hydrogens (tertiary/aromatic N) is 1. The molecule has 1 N–H and O–H groups in total. The van der Waals surface area contributed by atoms with E-state index in [1.54, 1.807) is 0 Å². The molecular formula is C15H24N2O2. The average Bonchev–Trinajstić information content (AvgIpc) is 2.48. The Morgan fingerprint density at radius 1 is 1.37 bits per heavy atom. The molecule has 1 aliphatic heterocycles. The predicted molar refractivity (Wildman–Crippen MR) is 76.7 cm³/mol. The van der Waals surface area contributed by atoms with Gasteiger partial charge in [-0.05, 0) is 31.7 Å². The Hall–Kier alpha value is -1.10. The molecule has 1 saturated heterocycles. The number of nitrogens with one attached hydrogen (secondary N) is 1. The van der Waals surface area contributed by atoms with Crippen LogP contribution < -0.4 is 10.1 Å². The number of hydrogen-bond donors (Lipinski definition) is 1. The lowest BCUT2D eigenvalue weighted by Gasteiger charge is -2.26. The first kappa shape index (κ1) is 14.3. The molecule has 1 aromatic carbocycles. The molecule has 1 unspecified atom stereocenters. The number of ether oxygens (including phenoxy) is 2. The second-order valence-corrected chi connectivity index (χ2v) is 4.89. The minimum atomic E-state index is 0.350. The van der Waals surface area contributed by atoms with Gasteiger partial charge in [0.25, 0.3) is 0 Å². The van der Waals surface area contributed by atoms with Crippen LogP contribution in [0.15, 0.2) is 24.3 Å². The van der Waals surface area contributed by atoms with Crippen LogP contribution in [0.5, 0.6) is 5.75 Å². The third kappa shape index (κ3) is 4.49. The van der Waals surface area contributed by atoms with Crippen LogP contribution in [0.4, 0.5) is 0 Å². The van der Waals surface area contributed by atoms with Gasteiger partial charge in [0.1, 0.15) is 12.4 Å². The van der Waals surface area contributed by atoms with Gasteiger partial charge in [0.2, 0.25) is 0 Å². The van der Waals surface area contributed by atoms with Crippen molar-refractivity contribution in [1.82, 2.24) is 10.2 Å². The van der Waals surface area contributed by atoms with E-state index < -0.39 is 0 Å². The Morgan fingerprint density at radius 3 is 2.89 bits per heavy atom. The molecule has 0 amide bonds. The lowest BCUT2D eigenvalue weighted by Crippen LogP contribution is -2.38. The average molecular weight is 264 g/mol. The molecule has 4 heteroatoms. The number of morpholine rings is 1. The molecule has 2 rings (SSSR count). The lowest BCUT2D eigenvalue weighted by molar-refractivity contribution is 0.0322. The Bertz CT molecular complexity index is 378. The van der Waals surface area contributed by atoms with E-state index in [0.717, 1.165) is 45.2 Å². The summed E-state index contributed by atoms with van der Waals surface area (Å²) in [6, 6.07) is 8.65. The number of rotatable bonds is 6. The first-order valence-corrected chi connectivity index (χ1v) is 6.99. The normalized spacial score (nSPS) is 18.2. The van der Waals surface area contributed by atoms with Crippen LogP contribution in [0.3, 0.4) is 0 Å². The summed E-state index contributed by atoms with van der Waals surface area (Å²) in [6.45, 7) is 7.56. The van der Waals surface area contributed by atoms with Gasteiger partial charge in [0.15, 0.2) is 0 Å². The SMILES string of the molecule is CNC(C)c1cccc(OCCN2CCOCC2)c1. The van der Waals surface area contributed by atoms with Crippen molar-refractivity contribution in [2.45, 2.75) is 13.0 Å². The quantitative estimate of drug-likeness (QED) is 0.847. The van der Waals surface area contributed by atoms with E-state index in [9.17, 15) is 0 Å². The van der Waals surface area contributed by atoms with Crippen molar-refractivity contribution in [3.8, 4) is 5.75 Å². The van der Waals surface area contributed by atoms with Crippen molar-refractivity contribution in [3.63, 3.8) is 0 Å². The van der Waals surface area contributed by atoms with Crippen LogP contribution in [0.25, 0.3) is 0 Å². The molecule has 0 aliphatic carbocycles. The Kier molecular flexibility index (Phi) is 5.63. The highest BCUT2D eigenvalue weighted by molar-refractivity contribution is 5.30. The third-order valence-electron chi connectivity index (χ3n) is 3.57. The third-order valence-corrected chi connectivity index (χ3v) is 3.57. The van der Waals surface area contributed by atoms with Crippen LogP contribution >= 0.6 is 0 Å². The van der Waals surface area contributed by atoms with E-state index >= 15 is 0 Å². The van der Waals surface area contributed by atoms with Crippen LogP contribution in [0, 0.1) is 0 Å². The highest BCUT2D eigenvalue weighted by Gasteiger charge is 2.10. The van der Waals surface area contributed by atoms with Crippen molar-refractivity contribution in [2.75, 3.05) is 46.5 Å². The fourth-order valence-electron chi connectivity index (χ4n) is 2.16. The second kappa shape index (κ2) is 7.48. The maximum absolute atomic E-state index is 5.83. The predicted octanol–water partition coefficient (Wildman–Crippen LogP) is 1.68. The van der Waals surface area contributed by atoms with Gasteiger partial charge >= 0.3 is 0 Å². The standard InChI is InChI=1S/C15H24N2O2/c1-13(16-2)14-4-3-5-15(12-14)19-11-8-17-6-9-18-10-7-17/h3-5,12-13,16H,6-11H2,1-2H3. The van der Waals surface area contributed by atoms with Crippen LogP contribution in [0.1, 0.15) is 18.5 Å². The minimum absolute atomic E-state index is 0.350. The zero-order valence-corrected chi connectivity index (χ0v) is 11.9. The summed E-state index contributed by atoms with van der Waals surface area (Å²) in [4.78, 5) is 2.38. The summed E-state index contributed by atoms with van der Waals surface area (Å²) in [5.41, 5.74) is 1.26. The lowest BCUT2D eigenvalue weighted by atomic mass is 10.1. The van der Waals surface area contributed by atoms with Gasteiger partial charge in [0, 0.05) is 25.7 Å². The van der Waals surface area contributed by atoms with Gasteiger partial charge in [-0.25, -0.2) is 0 Å². The first-order valence-electron chi connectivity index (χ1n) is 6.99. The molecule has 1 fully saturated rings. The molecule has 0 bridgehead atoms. The monoisotopic (exact) mass is 264 g/mol. The molecule has 1 heterocycles. The highest BCUT2D eigenvalue weighted by Crippen LogP contribution is 2.18. The molecule has 1 aliphatic rings. The smallest absolute Gasteiger partial charge is 0.119 e. The van der Waals surface area contributed by atoms with Crippen molar-refractivity contribution in [1.29, 1.82) is 0 Å².